The van der Waals surface area contributed by atoms with Gasteiger partial charge in [0.25, 0.3) is 0 Å². The van der Waals surface area contributed by atoms with E-state index in [4.69, 9.17) is 4.74 Å². The number of phenolic OH excluding ortho intramolecular Hbond substituents is 1. The summed E-state index contributed by atoms with van der Waals surface area (Å²) in [6.07, 6.45) is 3.76. The number of hydrogen-bond donors (Lipinski definition) is 1. The van der Waals surface area contributed by atoms with Crippen molar-refractivity contribution in [3.8, 4) is 11.5 Å². The lowest BCUT2D eigenvalue weighted by molar-refractivity contribution is -0.140. The Kier molecular flexibility index (Phi) is 7.02. The number of amides is 2. The molecular formula is C34H26BrNO6S. The summed E-state index contributed by atoms with van der Waals surface area (Å²) in [4.78, 5) is 56.5. The minimum Gasteiger partial charge on any atom is -0.507 e. The number of ketones is 2. The number of rotatable bonds is 6. The highest BCUT2D eigenvalue weighted by Crippen LogP contribution is 2.56. The first-order valence-electron chi connectivity index (χ1n) is 14.1. The number of ether oxygens (including phenoxy) is 1. The third kappa shape index (κ3) is 4.71. The van der Waals surface area contributed by atoms with Gasteiger partial charge in [0.15, 0.2) is 11.6 Å². The summed E-state index contributed by atoms with van der Waals surface area (Å²) in [7, 11) is 0. The van der Waals surface area contributed by atoms with Crippen LogP contribution in [0, 0.1) is 17.8 Å². The summed E-state index contributed by atoms with van der Waals surface area (Å²) in [5.74, 6) is -3.07. The summed E-state index contributed by atoms with van der Waals surface area (Å²) in [6.45, 7) is 0.539. The Morgan fingerprint density at radius 2 is 1.79 bits per heavy atom. The molecule has 1 aromatic heterocycles. The van der Waals surface area contributed by atoms with Crippen LogP contribution < -0.4 is 4.74 Å². The fourth-order valence-electron chi connectivity index (χ4n) is 6.94. The van der Waals surface area contributed by atoms with Crippen molar-refractivity contribution in [1.29, 1.82) is 0 Å². The number of hydrogen-bond acceptors (Lipinski definition) is 7. The van der Waals surface area contributed by atoms with Crippen molar-refractivity contribution >= 4 is 50.6 Å². The van der Waals surface area contributed by atoms with E-state index in [0.29, 0.717) is 35.5 Å². The van der Waals surface area contributed by atoms with E-state index < -0.39 is 23.7 Å². The van der Waals surface area contributed by atoms with Crippen molar-refractivity contribution in [1.82, 2.24) is 4.90 Å². The average Bonchev–Trinajstić information content (AvgIpc) is 3.61. The number of halogens is 1. The molecule has 2 aromatic carbocycles. The van der Waals surface area contributed by atoms with E-state index in [1.54, 1.807) is 12.1 Å². The maximum absolute atomic E-state index is 13.9. The third-order valence-corrected chi connectivity index (χ3v) is 10.3. The van der Waals surface area contributed by atoms with Crippen LogP contribution in [0.3, 0.4) is 0 Å². The zero-order valence-electron chi connectivity index (χ0n) is 22.9. The molecule has 216 valence electrons. The Morgan fingerprint density at radius 1 is 0.977 bits per heavy atom. The summed E-state index contributed by atoms with van der Waals surface area (Å²) in [6, 6.07) is 18.4. The molecule has 2 amide bonds. The number of fused-ring (bicyclic) bond motifs is 3. The molecule has 0 radical (unpaired) electrons. The van der Waals surface area contributed by atoms with E-state index >= 15 is 0 Å². The molecule has 1 N–H and O–H groups in total. The molecule has 9 heteroatoms. The molecule has 0 spiro atoms. The maximum atomic E-state index is 13.9. The van der Waals surface area contributed by atoms with Crippen molar-refractivity contribution in [3.63, 3.8) is 0 Å². The fraction of sp³-hybridized carbons (Fsp3) is 0.235. The Balaban J connectivity index is 1.26. The summed E-state index contributed by atoms with van der Waals surface area (Å²) < 4.78 is 6.07. The van der Waals surface area contributed by atoms with Gasteiger partial charge in [-0.2, -0.15) is 0 Å². The van der Waals surface area contributed by atoms with Crippen LogP contribution in [0.4, 0.5) is 0 Å². The van der Waals surface area contributed by atoms with Gasteiger partial charge in [-0.15, -0.1) is 11.3 Å². The number of benzene rings is 2. The van der Waals surface area contributed by atoms with E-state index in [-0.39, 0.29) is 46.6 Å². The lowest BCUT2D eigenvalue weighted by Crippen LogP contribution is -2.39. The molecule has 2 heterocycles. The van der Waals surface area contributed by atoms with Gasteiger partial charge in [0.1, 0.15) is 18.1 Å². The van der Waals surface area contributed by atoms with Crippen LogP contribution in [0.15, 0.2) is 99.4 Å². The van der Waals surface area contributed by atoms with Crippen molar-refractivity contribution in [2.75, 3.05) is 0 Å². The molecule has 4 aliphatic rings. The average molecular weight is 657 g/mol. The number of Topliss-reactive ketones (excluding diaryl/α,β-unsaturated/α-hetero) is 1. The van der Waals surface area contributed by atoms with Gasteiger partial charge in [-0.1, -0.05) is 54.1 Å². The van der Waals surface area contributed by atoms with Crippen LogP contribution in [0.5, 0.6) is 11.5 Å². The molecule has 3 aliphatic carbocycles. The molecule has 4 atom stereocenters. The summed E-state index contributed by atoms with van der Waals surface area (Å²) in [5, 5.41) is 13.2. The summed E-state index contributed by atoms with van der Waals surface area (Å²) in [5.41, 5.74) is 2.86. The van der Waals surface area contributed by atoms with E-state index in [1.165, 1.54) is 28.4 Å². The minimum absolute atomic E-state index is 0.0758. The predicted molar refractivity (Wildman–Crippen MR) is 163 cm³/mol. The fourth-order valence-corrected chi connectivity index (χ4v) is 8.08. The first-order valence-corrected chi connectivity index (χ1v) is 15.8. The number of carbonyl (C=O) groups is 4. The largest absolute Gasteiger partial charge is 0.507 e. The normalized spacial score (nSPS) is 24.8. The topological polar surface area (TPSA) is 101 Å². The Morgan fingerprint density at radius 3 is 2.53 bits per heavy atom. The molecule has 4 unspecified atom stereocenters. The predicted octanol–water partition coefficient (Wildman–Crippen LogP) is 5.99. The van der Waals surface area contributed by atoms with Crippen LogP contribution in [-0.4, -0.2) is 33.4 Å². The molecule has 3 aromatic rings. The molecular weight excluding hydrogens is 630 g/mol. The Bertz CT molecular complexity index is 1770. The number of carbonyl (C=O) groups excluding carboxylic acids is 4. The number of allylic oxidation sites excluding steroid dienone is 6. The van der Waals surface area contributed by atoms with Gasteiger partial charge < -0.3 is 9.84 Å². The molecule has 7 nitrogen and oxygen atoms in total. The van der Waals surface area contributed by atoms with Crippen molar-refractivity contribution in [2.45, 2.75) is 31.9 Å². The molecule has 1 saturated heterocycles. The molecule has 1 aliphatic heterocycles. The Hall–Kier alpha value is -4.08. The standard InChI is InChI=1S/C34H26BrNO6S/c35-26-15-28(38)31-25(32(26)39)14-24-21(10-11-23-30(24)34(41)36(33(23)40)16-20-7-4-12-43-20)29(31)22-9-8-19(13-27(22)37)42-17-18-5-2-1-3-6-18/h1-10,12-13,15,23-24,29-30,37H,11,14,16-17H2. The lowest BCUT2D eigenvalue weighted by Gasteiger charge is -2.42. The first-order chi connectivity index (χ1) is 20.8. The van der Waals surface area contributed by atoms with E-state index in [0.717, 1.165) is 16.0 Å². The van der Waals surface area contributed by atoms with Crippen LogP contribution in [0.2, 0.25) is 0 Å². The zero-order chi connectivity index (χ0) is 29.8. The van der Waals surface area contributed by atoms with Gasteiger partial charge in [-0.05, 0) is 57.8 Å². The number of aromatic hydroxyl groups is 1. The van der Waals surface area contributed by atoms with Crippen LogP contribution in [0.1, 0.15) is 34.8 Å². The van der Waals surface area contributed by atoms with Gasteiger partial charge in [0.05, 0.1) is 22.9 Å². The second-order valence-corrected chi connectivity index (χ2v) is 13.1. The number of imide groups is 1. The second-order valence-electron chi connectivity index (χ2n) is 11.2. The molecule has 0 saturated carbocycles. The summed E-state index contributed by atoms with van der Waals surface area (Å²) >= 11 is 4.74. The van der Waals surface area contributed by atoms with Gasteiger partial charge in [-0.25, -0.2) is 0 Å². The maximum Gasteiger partial charge on any atom is 0.234 e. The van der Waals surface area contributed by atoms with Crippen LogP contribution in [-0.2, 0) is 32.3 Å². The highest BCUT2D eigenvalue weighted by Gasteiger charge is 2.56. The first kappa shape index (κ1) is 27.7. The number of nitrogens with zero attached hydrogens (tertiary/aromatic N) is 1. The highest BCUT2D eigenvalue weighted by molar-refractivity contribution is 9.12. The lowest BCUT2D eigenvalue weighted by atomic mass is 9.59. The monoisotopic (exact) mass is 655 g/mol. The minimum atomic E-state index is -0.736. The molecule has 0 bridgehead atoms. The van der Waals surface area contributed by atoms with Crippen LogP contribution >= 0.6 is 27.3 Å². The zero-order valence-corrected chi connectivity index (χ0v) is 25.3. The number of thiophene rings is 1. The number of phenols is 1. The van der Waals surface area contributed by atoms with E-state index in [1.807, 2.05) is 53.9 Å². The van der Waals surface area contributed by atoms with E-state index in [2.05, 4.69) is 15.9 Å². The van der Waals surface area contributed by atoms with Gasteiger partial charge in [-0.3, -0.25) is 24.1 Å². The van der Waals surface area contributed by atoms with Gasteiger partial charge in [0.2, 0.25) is 11.8 Å². The molecule has 7 rings (SSSR count). The quantitative estimate of drug-likeness (QED) is 0.199. The Labute approximate surface area is 260 Å². The van der Waals surface area contributed by atoms with Gasteiger partial charge in [0, 0.05) is 39.6 Å². The SMILES string of the molecule is O=C1C=C(Br)C(=O)C2=C1C(c1ccc(OCc3ccccc3)cc1O)C1=CCC3C(=O)N(Cc4cccs4)C(=O)C3C1C2. The van der Waals surface area contributed by atoms with Crippen molar-refractivity contribution in [3.05, 3.63) is 115 Å². The van der Waals surface area contributed by atoms with Crippen molar-refractivity contribution in [2.24, 2.45) is 17.8 Å². The molecule has 1 fully saturated rings. The second kappa shape index (κ2) is 10.9. The van der Waals surface area contributed by atoms with Crippen LogP contribution in [0.25, 0.3) is 0 Å². The molecule has 43 heavy (non-hydrogen) atoms. The van der Waals surface area contributed by atoms with Crippen molar-refractivity contribution < 1.29 is 29.0 Å². The van der Waals surface area contributed by atoms with E-state index in [9.17, 15) is 24.3 Å². The highest BCUT2D eigenvalue weighted by atomic mass is 79.9. The smallest absolute Gasteiger partial charge is 0.234 e. The number of likely N-dealkylation sites (tertiary alicyclic amines) is 1. The third-order valence-electron chi connectivity index (χ3n) is 8.88. The van der Waals surface area contributed by atoms with Gasteiger partial charge >= 0.3 is 0 Å².